The largest absolute Gasteiger partial charge is 0.381 e. The predicted molar refractivity (Wildman–Crippen MR) is 86.6 cm³/mol. The molecule has 3 rings (SSSR count). The number of nitriles is 1. The van der Waals surface area contributed by atoms with Crippen LogP contribution in [0.4, 0.5) is 5.69 Å². The number of rotatable bonds is 3. The Bertz CT molecular complexity index is 662. The van der Waals surface area contributed by atoms with Crippen LogP contribution in [-0.2, 0) is 5.41 Å². The SMILES string of the molecule is Cc1cccc(Cl)c1NC1CC(C#N)(c2ccccc2)C1. The standard InChI is InChI=1S/C18H17ClN2/c1-13-6-5-9-16(19)17(13)21-15-10-18(11-15,12-20)14-7-3-2-4-8-14/h2-9,15,21H,10-11H2,1H3. The first kappa shape index (κ1) is 14.0. The Balaban J connectivity index is 1.75. The molecule has 1 aliphatic rings. The van der Waals surface area contributed by atoms with Gasteiger partial charge in [-0.15, -0.1) is 0 Å². The van der Waals surface area contributed by atoms with Crippen LogP contribution < -0.4 is 5.32 Å². The molecule has 1 fully saturated rings. The molecule has 21 heavy (non-hydrogen) atoms. The van der Waals surface area contributed by atoms with Crippen LogP contribution in [0.15, 0.2) is 48.5 Å². The van der Waals surface area contributed by atoms with Crippen LogP contribution in [0, 0.1) is 18.3 Å². The van der Waals surface area contributed by atoms with E-state index in [1.807, 2.05) is 55.5 Å². The molecule has 3 heteroatoms. The summed E-state index contributed by atoms with van der Waals surface area (Å²) in [5.41, 5.74) is 2.88. The summed E-state index contributed by atoms with van der Waals surface area (Å²) < 4.78 is 0. The molecule has 0 aromatic heterocycles. The van der Waals surface area contributed by atoms with Crippen molar-refractivity contribution in [3.05, 3.63) is 64.7 Å². The minimum absolute atomic E-state index is 0.295. The Morgan fingerprint density at radius 2 is 1.86 bits per heavy atom. The fraction of sp³-hybridized carbons (Fsp3) is 0.278. The van der Waals surface area contributed by atoms with Crippen LogP contribution in [0.25, 0.3) is 0 Å². The smallest absolute Gasteiger partial charge is 0.0861 e. The molecule has 0 spiro atoms. The number of aryl methyl sites for hydroxylation is 1. The number of benzene rings is 2. The molecule has 0 aliphatic heterocycles. The molecule has 0 amide bonds. The van der Waals surface area contributed by atoms with E-state index in [1.165, 1.54) is 0 Å². The van der Waals surface area contributed by atoms with E-state index in [0.29, 0.717) is 6.04 Å². The van der Waals surface area contributed by atoms with Gasteiger partial charge in [-0.25, -0.2) is 0 Å². The molecule has 2 aromatic rings. The highest BCUT2D eigenvalue weighted by Gasteiger charge is 2.46. The van der Waals surface area contributed by atoms with Crippen molar-refractivity contribution in [1.29, 1.82) is 5.26 Å². The lowest BCUT2D eigenvalue weighted by Gasteiger charge is -2.44. The maximum atomic E-state index is 9.58. The van der Waals surface area contributed by atoms with E-state index in [0.717, 1.165) is 34.7 Å². The van der Waals surface area contributed by atoms with Gasteiger partial charge < -0.3 is 5.32 Å². The number of hydrogen-bond acceptors (Lipinski definition) is 2. The fourth-order valence-corrected chi connectivity index (χ4v) is 3.33. The van der Waals surface area contributed by atoms with Crippen molar-refractivity contribution >= 4 is 17.3 Å². The predicted octanol–water partition coefficient (Wildman–Crippen LogP) is 4.68. The lowest BCUT2D eigenvalue weighted by atomic mass is 9.62. The second-order valence-electron chi connectivity index (χ2n) is 5.74. The summed E-state index contributed by atoms with van der Waals surface area (Å²) in [5.74, 6) is 0. The molecule has 0 atom stereocenters. The average molecular weight is 297 g/mol. The lowest BCUT2D eigenvalue weighted by molar-refractivity contribution is 0.289. The van der Waals surface area contributed by atoms with Gasteiger partial charge in [-0.05, 0) is 37.0 Å². The number of nitrogens with zero attached hydrogens (tertiary/aromatic N) is 1. The summed E-state index contributed by atoms with van der Waals surface area (Å²) in [6, 6.07) is 18.7. The molecule has 1 aliphatic carbocycles. The topological polar surface area (TPSA) is 35.8 Å². The van der Waals surface area contributed by atoms with Crippen molar-refractivity contribution in [1.82, 2.24) is 0 Å². The van der Waals surface area contributed by atoms with Crippen LogP contribution in [0.2, 0.25) is 5.02 Å². The summed E-state index contributed by atoms with van der Waals surface area (Å²) in [4.78, 5) is 0. The van der Waals surface area contributed by atoms with Crippen molar-refractivity contribution in [2.75, 3.05) is 5.32 Å². The molecule has 0 bridgehead atoms. The number of para-hydroxylation sites is 1. The molecule has 2 aromatic carbocycles. The second-order valence-corrected chi connectivity index (χ2v) is 6.15. The highest BCUT2D eigenvalue weighted by molar-refractivity contribution is 6.33. The number of hydrogen-bond donors (Lipinski definition) is 1. The molecule has 1 saturated carbocycles. The van der Waals surface area contributed by atoms with Gasteiger partial charge in [0.05, 0.1) is 22.2 Å². The van der Waals surface area contributed by atoms with Crippen LogP contribution in [-0.4, -0.2) is 6.04 Å². The van der Waals surface area contributed by atoms with Crippen molar-refractivity contribution in [3.63, 3.8) is 0 Å². The van der Waals surface area contributed by atoms with E-state index < -0.39 is 0 Å². The van der Waals surface area contributed by atoms with E-state index in [1.54, 1.807) is 0 Å². The quantitative estimate of drug-likeness (QED) is 0.892. The minimum Gasteiger partial charge on any atom is -0.381 e. The Morgan fingerprint density at radius 3 is 2.48 bits per heavy atom. The van der Waals surface area contributed by atoms with Gasteiger partial charge in [0.1, 0.15) is 0 Å². The number of halogens is 1. The normalized spacial score (nSPS) is 24.0. The van der Waals surface area contributed by atoms with Crippen molar-refractivity contribution in [2.45, 2.75) is 31.2 Å². The Morgan fingerprint density at radius 1 is 1.14 bits per heavy atom. The summed E-state index contributed by atoms with van der Waals surface area (Å²) in [7, 11) is 0. The van der Waals surface area contributed by atoms with Gasteiger partial charge in [0, 0.05) is 6.04 Å². The van der Waals surface area contributed by atoms with E-state index >= 15 is 0 Å². The van der Waals surface area contributed by atoms with Gasteiger partial charge in [-0.1, -0.05) is 54.1 Å². The van der Waals surface area contributed by atoms with E-state index in [2.05, 4.69) is 11.4 Å². The third-order valence-electron chi connectivity index (χ3n) is 4.30. The van der Waals surface area contributed by atoms with Gasteiger partial charge in [-0.2, -0.15) is 5.26 Å². The highest BCUT2D eigenvalue weighted by Crippen LogP contribution is 2.45. The fourth-order valence-electron chi connectivity index (χ4n) is 3.05. The number of anilines is 1. The van der Waals surface area contributed by atoms with E-state index in [-0.39, 0.29) is 5.41 Å². The number of nitrogens with one attached hydrogen (secondary N) is 1. The first-order chi connectivity index (χ1) is 10.1. The van der Waals surface area contributed by atoms with Gasteiger partial charge in [0.2, 0.25) is 0 Å². The molecule has 0 unspecified atom stereocenters. The maximum absolute atomic E-state index is 9.58. The van der Waals surface area contributed by atoms with Crippen LogP contribution in [0.5, 0.6) is 0 Å². The molecule has 1 N–H and O–H groups in total. The Hall–Kier alpha value is -1.98. The van der Waals surface area contributed by atoms with Gasteiger partial charge in [-0.3, -0.25) is 0 Å². The zero-order valence-corrected chi connectivity index (χ0v) is 12.7. The van der Waals surface area contributed by atoms with Gasteiger partial charge >= 0.3 is 0 Å². The molecular weight excluding hydrogens is 280 g/mol. The zero-order chi connectivity index (χ0) is 14.9. The van der Waals surface area contributed by atoms with E-state index in [9.17, 15) is 5.26 Å². The van der Waals surface area contributed by atoms with Crippen molar-refractivity contribution in [3.8, 4) is 6.07 Å². The summed E-state index contributed by atoms with van der Waals surface area (Å²) in [6.45, 7) is 2.04. The average Bonchev–Trinajstić information content (AvgIpc) is 2.46. The maximum Gasteiger partial charge on any atom is 0.0861 e. The van der Waals surface area contributed by atoms with Crippen molar-refractivity contribution < 1.29 is 0 Å². The Kier molecular flexibility index (Phi) is 3.61. The molecule has 0 radical (unpaired) electrons. The van der Waals surface area contributed by atoms with Gasteiger partial charge in [0.25, 0.3) is 0 Å². The second kappa shape index (κ2) is 5.42. The van der Waals surface area contributed by atoms with Crippen molar-refractivity contribution in [2.24, 2.45) is 0 Å². The first-order valence-electron chi connectivity index (χ1n) is 7.13. The first-order valence-corrected chi connectivity index (χ1v) is 7.51. The highest BCUT2D eigenvalue weighted by atomic mass is 35.5. The third-order valence-corrected chi connectivity index (χ3v) is 4.62. The summed E-state index contributed by atoms with van der Waals surface area (Å²) in [6.07, 6.45) is 1.64. The molecular formula is C18H17ClN2. The molecule has 0 saturated heterocycles. The molecule has 106 valence electrons. The monoisotopic (exact) mass is 296 g/mol. The molecule has 2 nitrogen and oxygen atoms in total. The lowest BCUT2D eigenvalue weighted by Crippen LogP contribution is -2.47. The zero-order valence-electron chi connectivity index (χ0n) is 11.9. The van der Waals surface area contributed by atoms with Crippen LogP contribution in [0.3, 0.4) is 0 Å². The Labute approximate surface area is 130 Å². The summed E-state index contributed by atoms with van der Waals surface area (Å²) in [5, 5.41) is 13.8. The third kappa shape index (κ3) is 2.50. The molecule has 0 heterocycles. The van der Waals surface area contributed by atoms with Gasteiger partial charge in [0.15, 0.2) is 0 Å². The summed E-state index contributed by atoms with van der Waals surface area (Å²) >= 11 is 6.25. The van der Waals surface area contributed by atoms with E-state index in [4.69, 9.17) is 11.6 Å². The minimum atomic E-state index is -0.353. The van der Waals surface area contributed by atoms with Crippen LogP contribution >= 0.6 is 11.6 Å². The van der Waals surface area contributed by atoms with Crippen LogP contribution in [0.1, 0.15) is 24.0 Å².